The van der Waals surface area contributed by atoms with Crippen LogP contribution in [0.15, 0.2) is 18.2 Å². The Hall–Kier alpha value is -0.690. The highest BCUT2D eigenvalue weighted by Gasteiger charge is 2.39. The van der Waals surface area contributed by atoms with Crippen molar-refractivity contribution in [1.82, 2.24) is 10.2 Å². The average Bonchev–Trinajstić information content (AvgIpc) is 2.62. The number of benzene rings is 1. The molecule has 19 heavy (non-hydrogen) atoms. The summed E-state index contributed by atoms with van der Waals surface area (Å²) in [6, 6.07) is 5.28. The number of rotatable bonds is 1. The molecule has 2 fully saturated rings. The molecule has 2 bridgehead atoms. The first-order valence-electron chi connectivity index (χ1n) is 6.66. The van der Waals surface area contributed by atoms with E-state index in [4.69, 9.17) is 0 Å². The SMILES string of the molecule is O=C(c1c(F)cccc1I)N1C2CCNCC1CC2. The molecule has 1 amide bonds. The van der Waals surface area contributed by atoms with Crippen molar-refractivity contribution in [2.75, 3.05) is 13.1 Å². The van der Waals surface area contributed by atoms with Crippen molar-refractivity contribution in [2.45, 2.75) is 31.3 Å². The fraction of sp³-hybridized carbons (Fsp3) is 0.500. The predicted molar refractivity (Wildman–Crippen MR) is 79.6 cm³/mol. The summed E-state index contributed by atoms with van der Waals surface area (Å²) in [5.74, 6) is -0.549. The van der Waals surface area contributed by atoms with E-state index >= 15 is 0 Å². The van der Waals surface area contributed by atoms with E-state index in [1.807, 2.05) is 27.5 Å². The fourth-order valence-corrected chi connectivity index (χ4v) is 3.84. The Morgan fingerprint density at radius 2 is 2.11 bits per heavy atom. The summed E-state index contributed by atoms with van der Waals surface area (Å²) in [6.07, 6.45) is 3.03. The first-order valence-corrected chi connectivity index (χ1v) is 7.73. The minimum Gasteiger partial charge on any atom is -0.331 e. The lowest BCUT2D eigenvalue weighted by atomic mass is 10.1. The summed E-state index contributed by atoms with van der Waals surface area (Å²) in [6.45, 7) is 1.77. The van der Waals surface area contributed by atoms with Crippen molar-refractivity contribution in [1.29, 1.82) is 0 Å². The van der Waals surface area contributed by atoms with E-state index in [0.717, 1.165) is 32.4 Å². The summed E-state index contributed by atoms with van der Waals surface area (Å²) in [7, 11) is 0. The standard InChI is InChI=1S/C14H16FIN2O/c15-11-2-1-3-12(16)13(11)14(19)18-9-4-5-10(18)8-17-7-6-9/h1-3,9-10,17H,4-8H2. The number of amides is 1. The molecule has 2 aliphatic rings. The number of nitrogens with one attached hydrogen (secondary N) is 1. The monoisotopic (exact) mass is 374 g/mol. The molecule has 0 saturated carbocycles. The maximum Gasteiger partial charge on any atom is 0.258 e. The zero-order chi connectivity index (χ0) is 13.4. The van der Waals surface area contributed by atoms with Gasteiger partial charge in [-0.05, 0) is 60.5 Å². The van der Waals surface area contributed by atoms with Gasteiger partial charge in [-0.2, -0.15) is 0 Å². The number of halogens is 2. The topological polar surface area (TPSA) is 32.3 Å². The van der Waals surface area contributed by atoms with Crippen LogP contribution in [0.2, 0.25) is 0 Å². The number of nitrogens with zero attached hydrogens (tertiary/aromatic N) is 1. The molecule has 2 atom stereocenters. The minimum absolute atomic E-state index is 0.140. The van der Waals surface area contributed by atoms with Gasteiger partial charge in [0.1, 0.15) is 5.82 Å². The van der Waals surface area contributed by atoms with E-state index in [1.54, 1.807) is 12.1 Å². The molecule has 3 rings (SSSR count). The molecule has 2 saturated heterocycles. The van der Waals surface area contributed by atoms with Crippen LogP contribution in [0.25, 0.3) is 0 Å². The van der Waals surface area contributed by atoms with Gasteiger partial charge < -0.3 is 10.2 Å². The summed E-state index contributed by atoms with van der Waals surface area (Å²) in [5.41, 5.74) is 0.238. The lowest BCUT2D eigenvalue weighted by Gasteiger charge is -2.28. The molecule has 0 radical (unpaired) electrons. The second-order valence-electron chi connectivity index (χ2n) is 5.19. The highest BCUT2D eigenvalue weighted by molar-refractivity contribution is 14.1. The van der Waals surface area contributed by atoms with Gasteiger partial charge in [0.05, 0.1) is 5.56 Å². The summed E-state index contributed by atoms with van der Waals surface area (Å²) in [4.78, 5) is 14.6. The molecule has 102 valence electrons. The van der Waals surface area contributed by atoms with Crippen LogP contribution in [-0.4, -0.2) is 36.0 Å². The Morgan fingerprint density at radius 1 is 1.32 bits per heavy atom. The molecule has 0 aliphatic carbocycles. The number of carbonyl (C=O) groups is 1. The van der Waals surface area contributed by atoms with Crippen LogP contribution in [0.4, 0.5) is 4.39 Å². The van der Waals surface area contributed by atoms with Gasteiger partial charge in [0, 0.05) is 22.2 Å². The van der Waals surface area contributed by atoms with Crippen LogP contribution >= 0.6 is 22.6 Å². The molecule has 1 aromatic rings. The molecule has 3 nitrogen and oxygen atoms in total. The van der Waals surface area contributed by atoms with E-state index in [0.29, 0.717) is 3.57 Å². The van der Waals surface area contributed by atoms with Crippen molar-refractivity contribution >= 4 is 28.5 Å². The van der Waals surface area contributed by atoms with Crippen LogP contribution in [0.1, 0.15) is 29.6 Å². The Kier molecular flexibility index (Phi) is 3.75. The minimum atomic E-state index is -0.409. The molecule has 0 spiro atoms. The van der Waals surface area contributed by atoms with Crippen LogP contribution in [0, 0.1) is 9.39 Å². The smallest absolute Gasteiger partial charge is 0.258 e. The van der Waals surface area contributed by atoms with Crippen molar-refractivity contribution in [3.63, 3.8) is 0 Å². The quantitative estimate of drug-likeness (QED) is 0.766. The highest BCUT2D eigenvalue weighted by atomic mass is 127. The fourth-order valence-electron chi connectivity index (χ4n) is 3.15. The van der Waals surface area contributed by atoms with Gasteiger partial charge in [-0.15, -0.1) is 0 Å². The van der Waals surface area contributed by atoms with Crippen molar-refractivity contribution in [3.8, 4) is 0 Å². The molecular weight excluding hydrogens is 358 g/mol. The zero-order valence-corrected chi connectivity index (χ0v) is 12.7. The van der Waals surface area contributed by atoms with Gasteiger partial charge in [-0.25, -0.2) is 4.39 Å². The Morgan fingerprint density at radius 3 is 2.89 bits per heavy atom. The summed E-state index contributed by atoms with van der Waals surface area (Å²) < 4.78 is 14.7. The van der Waals surface area contributed by atoms with Crippen LogP contribution in [-0.2, 0) is 0 Å². The second kappa shape index (κ2) is 5.36. The highest BCUT2D eigenvalue weighted by Crippen LogP contribution is 2.31. The van der Waals surface area contributed by atoms with Crippen LogP contribution < -0.4 is 5.32 Å². The number of fused-ring (bicyclic) bond motifs is 2. The maximum absolute atomic E-state index is 14.0. The molecule has 2 heterocycles. The molecule has 5 heteroatoms. The number of hydrogen-bond donors (Lipinski definition) is 1. The molecular formula is C14H16FIN2O. The summed E-state index contributed by atoms with van der Waals surface area (Å²) >= 11 is 2.04. The Balaban J connectivity index is 1.95. The van der Waals surface area contributed by atoms with Crippen LogP contribution in [0.5, 0.6) is 0 Å². The lowest BCUT2D eigenvalue weighted by molar-refractivity contribution is 0.0674. The maximum atomic E-state index is 14.0. The van der Waals surface area contributed by atoms with Gasteiger partial charge in [0.15, 0.2) is 0 Å². The third-order valence-electron chi connectivity index (χ3n) is 4.07. The van der Waals surface area contributed by atoms with E-state index in [-0.39, 0.29) is 23.6 Å². The first-order chi connectivity index (χ1) is 9.18. The lowest BCUT2D eigenvalue weighted by Crippen LogP contribution is -2.43. The van der Waals surface area contributed by atoms with Crippen molar-refractivity contribution in [2.24, 2.45) is 0 Å². The van der Waals surface area contributed by atoms with Crippen molar-refractivity contribution in [3.05, 3.63) is 33.1 Å². The summed E-state index contributed by atoms with van der Waals surface area (Å²) in [5, 5.41) is 3.35. The Bertz CT molecular complexity index is 474. The molecule has 0 aromatic heterocycles. The second-order valence-corrected chi connectivity index (χ2v) is 6.35. The number of hydrogen-bond acceptors (Lipinski definition) is 2. The van der Waals surface area contributed by atoms with E-state index in [1.165, 1.54) is 6.07 Å². The van der Waals surface area contributed by atoms with E-state index < -0.39 is 5.82 Å². The average molecular weight is 374 g/mol. The zero-order valence-electron chi connectivity index (χ0n) is 10.5. The Labute approximate surface area is 125 Å². The van der Waals surface area contributed by atoms with Crippen LogP contribution in [0.3, 0.4) is 0 Å². The van der Waals surface area contributed by atoms with Gasteiger partial charge in [-0.1, -0.05) is 6.07 Å². The van der Waals surface area contributed by atoms with E-state index in [2.05, 4.69) is 5.32 Å². The third-order valence-corrected chi connectivity index (χ3v) is 4.96. The normalized spacial score (nSPS) is 26.3. The van der Waals surface area contributed by atoms with Gasteiger partial charge in [-0.3, -0.25) is 4.79 Å². The predicted octanol–water partition coefficient (Wildman–Crippen LogP) is 2.40. The molecule has 1 N–H and O–H groups in total. The molecule has 2 unspecified atom stereocenters. The van der Waals surface area contributed by atoms with Gasteiger partial charge in [0.2, 0.25) is 0 Å². The first kappa shape index (κ1) is 13.3. The van der Waals surface area contributed by atoms with Gasteiger partial charge in [0.25, 0.3) is 5.91 Å². The molecule has 2 aliphatic heterocycles. The third kappa shape index (κ3) is 2.38. The largest absolute Gasteiger partial charge is 0.331 e. The van der Waals surface area contributed by atoms with Gasteiger partial charge >= 0.3 is 0 Å². The number of carbonyl (C=O) groups excluding carboxylic acids is 1. The molecule has 1 aromatic carbocycles. The van der Waals surface area contributed by atoms with Crippen molar-refractivity contribution < 1.29 is 9.18 Å². The van der Waals surface area contributed by atoms with E-state index in [9.17, 15) is 9.18 Å².